The normalized spacial score (nSPS) is 19.7. The highest BCUT2D eigenvalue weighted by Gasteiger charge is 2.30. The molecular formula is C21H33N3O3. The van der Waals surface area contributed by atoms with Crippen molar-refractivity contribution in [1.82, 2.24) is 15.1 Å². The summed E-state index contributed by atoms with van der Waals surface area (Å²) in [6.07, 6.45) is 5.03. The average Bonchev–Trinajstić information content (AvgIpc) is 3.13. The van der Waals surface area contributed by atoms with E-state index >= 15 is 0 Å². The first-order valence-electron chi connectivity index (χ1n) is 9.99. The lowest BCUT2D eigenvalue weighted by molar-refractivity contribution is 0.132. The van der Waals surface area contributed by atoms with Crippen LogP contribution in [0.15, 0.2) is 18.2 Å². The molecule has 1 aliphatic carbocycles. The van der Waals surface area contributed by atoms with Gasteiger partial charge in [0.25, 0.3) is 0 Å². The second-order valence-corrected chi connectivity index (χ2v) is 8.12. The summed E-state index contributed by atoms with van der Waals surface area (Å²) < 4.78 is 10.8. The lowest BCUT2D eigenvalue weighted by Crippen LogP contribution is -2.52. The van der Waals surface area contributed by atoms with Crippen molar-refractivity contribution in [2.24, 2.45) is 5.41 Å². The Morgan fingerprint density at radius 3 is 2.44 bits per heavy atom. The summed E-state index contributed by atoms with van der Waals surface area (Å²) in [6.45, 7) is 7.14. The minimum atomic E-state index is 0.0849. The van der Waals surface area contributed by atoms with Crippen molar-refractivity contribution in [1.29, 1.82) is 0 Å². The number of benzene rings is 1. The lowest BCUT2D eigenvalue weighted by atomic mass is 9.89. The van der Waals surface area contributed by atoms with Gasteiger partial charge >= 0.3 is 6.03 Å². The quantitative estimate of drug-likeness (QED) is 0.830. The van der Waals surface area contributed by atoms with E-state index in [0.29, 0.717) is 5.41 Å². The molecule has 2 amide bonds. The molecule has 0 unspecified atom stereocenters. The molecule has 1 aromatic rings. The fraction of sp³-hybridized carbons (Fsp3) is 0.667. The number of hydrogen-bond acceptors (Lipinski definition) is 4. The van der Waals surface area contributed by atoms with Crippen molar-refractivity contribution in [2.75, 3.05) is 46.9 Å². The summed E-state index contributed by atoms with van der Waals surface area (Å²) in [7, 11) is 3.37. The molecule has 1 heterocycles. The number of nitrogens with one attached hydrogen (secondary N) is 1. The van der Waals surface area contributed by atoms with Gasteiger partial charge in [-0.05, 0) is 36.5 Å². The van der Waals surface area contributed by atoms with Crippen LogP contribution >= 0.6 is 0 Å². The van der Waals surface area contributed by atoms with Crippen LogP contribution in [0.3, 0.4) is 0 Å². The van der Waals surface area contributed by atoms with E-state index in [4.69, 9.17) is 9.47 Å². The Balaban J connectivity index is 1.48. The van der Waals surface area contributed by atoms with Crippen LogP contribution in [0.5, 0.6) is 11.5 Å². The van der Waals surface area contributed by atoms with E-state index in [1.54, 1.807) is 14.2 Å². The van der Waals surface area contributed by atoms with Crippen LogP contribution < -0.4 is 14.8 Å². The summed E-state index contributed by atoms with van der Waals surface area (Å²) in [5.41, 5.74) is 1.41. The summed E-state index contributed by atoms with van der Waals surface area (Å²) in [6, 6.07) is 5.97. The van der Waals surface area contributed by atoms with Gasteiger partial charge in [-0.1, -0.05) is 19.8 Å². The Kier molecular flexibility index (Phi) is 6.47. The molecule has 6 nitrogen and oxygen atoms in total. The summed E-state index contributed by atoms with van der Waals surface area (Å²) in [5, 5.41) is 3.16. The number of amides is 2. The highest BCUT2D eigenvalue weighted by atomic mass is 16.5. The highest BCUT2D eigenvalue weighted by molar-refractivity contribution is 5.74. The molecular weight excluding hydrogens is 342 g/mol. The van der Waals surface area contributed by atoms with Crippen molar-refractivity contribution in [3.05, 3.63) is 23.8 Å². The Labute approximate surface area is 162 Å². The van der Waals surface area contributed by atoms with Crippen LogP contribution in [0.4, 0.5) is 4.79 Å². The zero-order valence-electron chi connectivity index (χ0n) is 16.9. The average molecular weight is 376 g/mol. The van der Waals surface area contributed by atoms with Gasteiger partial charge in [-0.2, -0.15) is 0 Å². The maximum Gasteiger partial charge on any atom is 0.317 e. The first-order valence-corrected chi connectivity index (χ1v) is 9.99. The molecule has 0 radical (unpaired) electrons. The number of ether oxygens (including phenoxy) is 2. The van der Waals surface area contributed by atoms with Crippen molar-refractivity contribution in [3.8, 4) is 11.5 Å². The number of piperazine rings is 1. The van der Waals surface area contributed by atoms with E-state index in [1.165, 1.54) is 25.7 Å². The van der Waals surface area contributed by atoms with Gasteiger partial charge < -0.3 is 19.7 Å². The van der Waals surface area contributed by atoms with Crippen LogP contribution in [-0.2, 0) is 6.54 Å². The lowest BCUT2D eigenvalue weighted by Gasteiger charge is -2.35. The molecule has 1 saturated heterocycles. The van der Waals surface area contributed by atoms with E-state index < -0.39 is 0 Å². The number of methoxy groups -OCH3 is 2. The van der Waals surface area contributed by atoms with Crippen LogP contribution in [0.1, 0.15) is 38.2 Å². The van der Waals surface area contributed by atoms with Gasteiger partial charge in [-0.25, -0.2) is 4.79 Å². The Morgan fingerprint density at radius 2 is 1.81 bits per heavy atom. The second-order valence-electron chi connectivity index (χ2n) is 8.12. The number of hydrogen-bond donors (Lipinski definition) is 1. The van der Waals surface area contributed by atoms with Crippen molar-refractivity contribution in [2.45, 2.75) is 39.2 Å². The zero-order valence-corrected chi connectivity index (χ0v) is 16.9. The van der Waals surface area contributed by atoms with Crippen LogP contribution in [-0.4, -0.2) is 62.8 Å². The van der Waals surface area contributed by atoms with Crippen LogP contribution in [0.25, 0.3) is 0 Å². The van der Waals surface area contributed by atoms with Crippen molar-refractivity contribution in [3.63, 3.8) is 0 Å². The molecule has 6 heteroatoms. The number of nitrogens with zero attached hydrogens (tertiary/aromatic N) is 2. The first-order chi connectivity index (χ1) is 13.0. The molecule has 2 aliphatic rings. The third kappa shape index (κ3) is 5.06. The molecule has 0 spiro atoms. The van der Waals surface area contributed by atoms with Gasteiger partial charge in [0.15, 0.2) is 0 Å². The van der Waals surface area contributed by atoms with Gasteiger partial charge in [0.05, 0.1) is 14.2 Å². The van der Waals surface area contributed by atoms with Gasteiger partial charge in [0.2, 0.25) is 0 Å². The van der Waals surface area contributed by atoms with Gasteiger partial charge in [0.1, 0.15) is 11.5 Å². The van der Waals surface area contributed by atoms with Gasteiger partial charge in [-0.3, -0.25) is 4.90 Å². The van der Waals surface area contributed by atoms with Gasteiger partial charge in [-0.15, -0.1) is 0 Å². The van der Waals surface area contributed by atoms with Crippen LogP contribution in [0, 0.1) is 5.41 Å². The topological polar surface area (TPSA) is 54.0 Å². The standard InChI is InChI=1S/C21H33N3O3/c1-21(8-4-5-9-21)16-22-20(25)24-12-10-23(11-13-24)15-17-14-18(26-2)6-7-19(17)27-3/h6-7,14H,4-5,8-13,15-16H2,1-3H3,(H,22,25). The fourth-order valence-electron chi connectivity index (χ4n) is 4.16. The van der Waals surface area contributed by atoms with E-state index in [2.05, 4.69) is 17.1 Å². The van der Waals surface area contributed by atoms with E-state index in [0.717, 1.165) is 56.3 Å². The predicted octanol–water partition coefficient (Wildman–Crippen LogP) is 3.11. The molecule has 0 atom stereocenters. The Morgan fingerprint density at radius 1 is 1.11 bits per heavy atom. The Bertz CT molecular complexity index is 636. The minimum absolute atomic E-state index is 0.0849. The third-order valence-corrected chi connectivity index (χ3v) is 6.02. The number of urea groups is 1. The summed E-state index contributed by atoms with van der Waals surface area (Å²) in [5.74, 6) is 1.71. The molecule has 0 bridgehead atoms. The molecule has 1 N–H and O–H groups in total. The van der Waals surface area contributed by atoms with Crippen molar-refractivity contribution < 1.29 is 14.3 Å². The molecule has 27 heavy (non-hydrogen) atoms. The molecule has 2 fully saturated rings. The van der Waals surface area contributed by atoms with E-state index in [1.807, 2.05) is 23.1 Å². The maximum atomic E-state index is 12.5. The third-order valence-electron chi connectivity index (χ3n) is 6.02. The fourth-order valence-corrected chi connectivity index (χ4v) is 4.16. The molecule has 150 valence electrons. The number of rotatable bonds is 6. The summed E-state index contributed by atoms with van der Waals surface area (Å²) >= 11 is 0. The summed E-state index contributed by atoms with van der Waals surface area (Å²) in [4.78, 5) is 16.8. The minimum Gasteiger partial charge on any atom is -0.497 e. The van der Waals surface area contributed by atoms with Gasteiger partial charge in [0, 0.05) is 44.8 Å². The largest absolute Gasteiger partial charge is 0.497 e. The second kappa shape index (κ2) is 8.83. The number of carbonyl (C=O) groups excluding carboxylic acids is 1. The molecule has 1 aromatic carbocycles. The highest BCUT2D eigenvalue weighted by Crippen LogP contribution is 2.36. The SMILES string of the molecule is COc1ccc(OC)c(CN2CCN(C(=O)NCC3(C)CCCC3)CC2)c1. The Hall–Kier alpha value is -1.95. The smallest absolute Gasteiger partial charge is 0.317 e. The number of carbonyl (C=O) groups is 1. The first kappa shape index (κ1) is 19.8. The zero-order chi connectivity index (χ0) is 19.3. The predicted molar refractivity (Wildman–Crippen MR) is 106 cm³/mol. The van der Waals surface area contributed by atoms with E-state index in [-0.39, 0.29) is 6.03 Å². The maximum absolute atomic E-state index is 12.5. The molecule has 3 rings (SSSR count). The van der Waals surface area contributed by atoms with Crippen molar-refractivity contribution >= 4 is 6.03 Å². The molecule has 1 aliphatic heterocycles. The monoisotopic (exact) mass is 375 g/mol. The van der Waals surface area contributed by atoms with Crippen LogP contribution in [0.2, 0.25) is 0 Å². The van der Waals surface area contributed by atoms with E-state index in [9.17, 15) is 4.79 Å². The molecule has 0 aromatic heterocycles. The molecule has 1 saturated carbocycles.